The van der Waals surface area contributed by atoms with E-state index in [4.69, 9.17) is 16.9 Å². The minimum Gasteiger partial charge on any atom is -0.397 e. The lowest BCUT2D eigenvalue weighted by Crippen LogP contribution is -2.27. The van der Waals surface area contributed by atoms with E-state index >= 15 is 0 Å². The Balaban J connectivity index is 0.00000289. The van der Waals surface area contributed by atoms with E-state index in [1.807, 2.05) is 14.1 Å². The second kappa shape index (κ2) is 7.79. The number of benzene rings is 1. The summed E-state index contributed by atoms with van der Waals surface area (Å²) in [4.78, 5) is 2.12. The summed E-state index contributed by atoms with van der Waals surface area (Å²) in [6.07, 6.45) is 1.000. The van der Waals surface area contributed by atoms with Gasteiger partial charge in [-0.2, -0.15) is 0 Å². The number of hydrogen-bond acceptors (Lipinski definition) is 4. The molecule has 0 saturated heterocycles. The van der Waals surface area contributed by atoms with E-state index in [1.54, 1.807) is 18.2 Å². The van der Waals surface area contributed by atoms with Crippen LogP contribution in [0.25, 0.3) is 0 Å². The number of nitrogens with one attached hydrogen (secondary N) is 2. The van der Waals surface area contributed by atoms with Crippen molar-refractivity contribution >= 4 is 29.6 Å². The molecule has 0 amide bonds. The molecule has 0 fully saturated rings. The summed E-state index contributed by atoms with van der Waals surface area (Å²) in [7, 11) is 4.07. The van der Waals surface area contributed by atoms with Crippen molar-refractivity contribution in [1.82, 2.24) is 10.2 Å². The Morgan fingerprint density at radius 1 is 1.28 bits per heavy atom. The molecular formula is C12H22ClN5. The summed E-state index contributed by atoms with van der Waals surface area (Å²) in [6, 6.07) is 5.24. The van der Waals surface area contributed by atoms with E-state index in [-0.39, 0.29) is 12.4 Å². The monoisotopic (exact) mass is 271 g/mol. The van der Waals surface area contributed by atoms with Crippen molar-refractivity contribution in [2.75, 3.05) is 38.7 Å². The fraction of sp³-hybridized carbons (Fsp3) is 0.417. The molecule has 0 heterocycles. The minimum atomic E-state index is 0. The average molecular weight is 272 g/mol. The number of nitrogens with two attached hydrogens (primary N) is 2. The van der Waals surface area contributed by atoms with Crippen molar-refractivity contribution in [3.8, 4) is 0 Å². The third-order valence-electron chi connectivity index (χ3n) is 2.46. The van der Waals surface area contributed by atoms with Crippen LogP contribution in [0, 0.1) is 5.41 Å². The third-order valence-corrected chi connectivity index (χ3v) is 2.46. The summed E-state index contributed by atoms with van der Waals surface area (Å²) in [6.45, 7) is 1.78. The number of nitrogens with zero attached hydrogens (tertiary/aromatic N) is 1. The van der Waals surface area contributed by atoms with E-state index < -0.39 is 0 Å². The predicted molar refractivity (Wildman–Crippen MR) is 80.5 cm³/mol. The molecule has 1 rings (SSSR count). The van der Waals surface area contributed by atoms with Crippen LogP contribution in [0.4, 0.5) is 11.4 Å². The Labute approximate surface area is 114 Å². The summed E-state index contributed by atoms with van der Waals surface area (Å²) >= 11 is 0. The highest BCUT2D eigenvalue weighted by atomic mass is 35.5. The average Bonchev–Trinajstić information content (AvgIpc) is 2.27. The second-order valence-corrected chi connectivity index (χ2v) is 4.30. The van der Waals surface area contributed by atoms with Crippen LogP contribution in [0.3, 0.4) is 0 Å². The van der Waals surface area contributed by atoms with Gasteiger partial charge in [-0.15, -0.1) is 12.4 Å². The summed E-state index contributed by atoms with van der Waals surface area (Å²) in [5.74, 6) is 0.385. The smallest absolute Gasteiger partial charge is 0.125 e. The van der Waals surface area contributed by atoms with Crippen molar-refractivity contribution in [1.29, 1.82) is 5.41 Å². The lowest BCUT2D eigenvalue weighted by Gasteiger charge is -2.12. The molecule has 6 heteroatoms. The number of nitrogen functional groups attached to an aromatic ring is 2. The molecule has 0 unspecified atom stereocenters. The predicted octanol–water partition coefficient (Wildman–Crippen LogP) is 1.14. The molecule has 5 nitrogen and oxygen atoms in total. The van der Waals surface area contributed by atoms with Crippen molar-refractivity contribution in [3.63, 3.8) is 0 Å². The van der Waals surface area contributed by atoms with Gasteiger partial charge in [-0.1, -0.05) is 0 Å². The Bertz CT molecular complexity index is 392. The summed E-state index contributed by atoms with van der Waals surface area (Å²) < 4.78 is 0. The largest absolute Gasteiger partial charge is 0.397 e. The number of amidine groups is 1. The van der Waals surface area contributed by atoms with Crippen molar-refractivity contribution in [2.45, 2.75) is 6.42 Å². The number of anilines is 2. The lowest BCUT2D eigenvalue weighted by molar-refractivity contribution is 0.400. The maximum absolute atomic E-state index is 7.86. The number of rotatable bonds is 5. The molecule has 0 aliphatic heterocycles. The zero-order valence-corrected chi connectivity index (χ0v) is 11.7. The van der Waals surface area contributed by atoms with Crippen LogP contribution >= 0.6 is 12.4 Å². The molecule has 0 bridgehead atoms. The molecule has 0 aliphatic rings. The minimum absolute atomic E-state index is 0. The van der Waals surface area contributed by atoms with Gasteiger partial charge in [-0.25, -0.2) is 0 Å². The van der Waals surface area contributed by atoms with E-state index in [0.717, 1.165) is 25.1 Å². The third kappa shape index (κ3) is 5.25. The van der Waals surface area contributed by atoms with Gasteiger partial charge in [0.25, 0.3) is 0 Å². The Morgan fingerprint density at radius 3 is 2.50 bits per heavy atom. The molecule has 1 aromatic carbocycles. The Kier molecular flexibility index (Phi) is 7.16. The lowest BCUT2D eigenvalue weighted by atomic mass is 10.1. The molecule has 0 aromatic heterocycles. The van der Waals surface area contributed by atoms with Crippen LogP contribution in [-0.2, 0) is 0 Å². The Morgan fingerprint density at radius 2 is 1.94 bits per heavy atom. The second-order valence-electron chi connectivity index (χ2n) is 4.30. The normalized spacial score (nSPS) is 9.94. The summed E-state index contributed by atoms with van der Waals surface area (Å²) in [5.41, 5.74) is 13.2. The van der Waals surface area contributed by atoms with Gasteiger partial charge in [-0.3, -0.25) is 5.41 Å². The van der Waals surface area contributed by atoms with E-state index in [2.05, 4.69) is 10.2 Å². The van der Waals surface area contributed by atoms with Crippen LogP contribution in [0.1, 0.15) is 12.0 Å². The van der Waals surface area contributed by atoms with Crippen molar-refractivity contribution in [2.24, 2.45) is 0 Å². The maximum Gasteiger partial charge on any atom is 0.125 e. The molecule has 0 aliphatic carbocycles. The maximum atomic E-state index is 7.86. The van der Waals surface area contributed by atoms with Crippen molar-refractivity contribution < 1.29 is 0 Å². The fourth-order valence-corrected chi connectivity index (χ4v) is 1.44. The van der Waals surface area contributed by atoms with Gasteiger partial charge < -0.3 is 21.7 Å². The standard InChI is InChI=1S/C12H21N5.ClH/c1-17(2)7-3-6-16-12(15)9-4-5-10(13)11(14)8-9;/h4-5,8H,3,6-7,13-14H2,1-2H3,(H2,15,16);1H. The highest BCUT2D eigenvalue weighted by Crippen LogP contribution is 2.15. The van der Waals surface area contributed by atoms with E-state index in [9.17, 15) is 0 Å². The zero-order valence-electron chi connectivity index (χ0n) is 10.9. The molecule has 18 heavy (non-hydrogen) atoms. The van der Waals surface area contributed by atoms with Gasteiger partial charge in [-0.05, 0) is 45.3 Å². The first kappa shape index (κ1) is 16.5. The SMILES string of the molecule is CN(C)CCCNC(=N)c1ccc(N)c(N)c1.Cl. The van der Waals surface area contributed by atoms with Crippen LogP contribution in [0.2, 0.25) is 0 Å². The zero-order chi connectivity index (χ0) is 12.8. The van der Waals surface area contributed by atoms with Crippen LogP contribution in [0.15, 0.2) is 18.2 Å². The highest BCUT2D eigenvalue weighted by molar-refractivity contribution is 5.97. The van der Waals surface area contributed by atoms with Crippen molar-refractivity contribution in [3.05, 3.63) is 23.8 Å². The molecule has 0 spiro atoms. The van der Waals surface area contributed by atoms with E-state index in [0.29, 0.717) is 17.2 Å². The molecule has 0 atom stereocenters. The quantitative estimate of drug-likeness (QED) is 0.280. The van der Waals surface area contributed by atoms with Crippen LogP contribution in [0.5, 0.6) is 0 Å². The molecule has 0 radical (unpaired) electrons. The van der Waals surface area contributed by atoms with Gasteiger partial charge in [0.15, 0.2) is 0 Å². The molecular weight excluding hydrogens is 250 g/mol. The molecule has 0 saturated carbocycles. The van der Waals surface area contributed by atoms with Gasteiger partial charge in [0.05, 0.1) is 11.4 Å². The van der Waals surface area contributed by atoms with Crippen LogP contribution < -0.4 is 16.8 Å². The van der Waals surface area contributed by atoms with E-state index in [1.165, 1.54) is 0 Å². The number of hydrogen-bond donors (Lipinski definition) is 4. The van der Waals surface area contributed by atoms with Gasteiger partial charge in [0, 0.05) is 12.1 Å². The van der Waals surface area contributed by atoms with Gasteiger partial charge in [0.1, 0.15) is 5.84 Å². The fourth-order valence-electron chi connectivity index (χ4n) is 1.44. The Hall–Kier alpha value is -1.46. The number of halogens is 1. The molecule has 1 aromatic rings. The summed E-state index contributed by atoms with van der Waals surface area (Å²) in [5, 5.41) is 10.9. The first-order chi connectivity index (χ1) is 8.00. The topological polar surface area (TPSA) is 91.2 Å². The highest BCUT2D eigenvalue weighted by Gasteiger charge is 2.03. The van der Waals surface area contributed by atoms with Gasteiger partial charge in [0.2, 0.25) is 0 Å². The molecule has 6 N–H and O–H groups in total. The van der Waals surface area contributed by atoms with Gasteiger partial charge >= 0.3 is 0 Å². The first-order valence-corrected chi connectivity index (χ1v) is 5.63. The molecule has 102 valence electrons. The van der Waals surface area contributed by atoms with Crippen LogP contribution in [-0.4, -0.2) is 37.9 Å². The first-order valence-electron chi connectivity index (χ1n) is 5.63.